The van der Waals surface area contributed by atoms with Crippen molar-refractivity contribution < 1.29 is 4.74 Å². The highest BCUT2D eigenvalue weighted by atomic mass is 16.5. The molecule has 0 aromatic rings. The number of hydrogen-bond acceptors (Lipinski definition) is 2. The van der Waals surface area contributed by atoms with Gasteiger partial charge in [0.15, 0.2) is 0 Å². The van der Waals surface area contributed by atoms with Crippen LogP contribution in [0.1, 0.15) is 6.42 Å². The van der Waals surface area contributed by atoms with E-state index in [9.17, 15) is 0 Å². The summed E-state index contributed by atoms with van der Waals surface area (Å²) in [6, 6.07) is 0. The zero-order valence-electron chi connectivity index (χ0n) is 6.42. The Morgan fingerprint density at radius 2 is 2.33 bits per heavy atom. The van der Waals surface area contributed by atoms with Gasteiger partial charge in [0.1, 0.15) is 7.85 Å². The highest BCUT2D eigenvalue weighted by molar-refractivity contribution is 6.11. The van der Waals surface area contributed by atoms with Crippen molar-refractivity contribution >= 4 is 7.85 Å². The molecule has 0 amide bonds. The van der Waals surface area contributed by atoms with Crippen LogP contribution in [0.15, 0.2) is 0 Å². The van der Waals surface area contributed by atoms with Gasteiger partial charge in [0, 0.05) is 13.7 Å². The third-order valence-corrected chi connectivity index (χ3v) is 2.18. The first-order valence-corrected chi connectivity index (χ1v) is 3.47. The van der Waals surface area contributed by atoms with Gasteiger partial charge in [0.25, 0.3) is 0 Å². The van der Waals surface area contributed by atoms with Crippen molar-refractivity contribution in [3.8, 4) is 0 Å². The molecular weight excluding hydrogens is 113 g/mol. The molecule has 1 rings (SSSR count). The van der Waals surface area contributed by atoms with Crippen LogP contribution < -0.4 is 0 Å². The molecule has 0 aromatic carbocycles. The fourth-order valence-corrected chi connectivity index (χ4v) is 1.31. The second-order valence-electron chi connectivity index (χ2n) is 2.88. The molecule has 1 aliphatic heterocycles. The molecule has 1 fully saturated rings. The lowest BCUT2D eigenvalue weighted by atomic mass is 9.94. The van der Waals surface area contributed by atoms with E-state index in [1.54, 1.807) is 7.11 Å². The van der Waals surface area contributed by atoms with Crippen molar-refractivity contribution in [2.75, 3.05) is 20.7 Å². The Kier molecular flexibility index (Phi) is 2.14. The normalized spacial score (nSPS) is 37.6. The smallest absolute Gasteiger partial charge is 0.123 e. The summed E-state index contributed by atoms with van der Waals surface area (Å²) in [7, 11) is 6.17. The maximum atomic E-state index is 5.21. The van der Waals surface area contributed by atoms with Gasteiger partial charge in [-0.3, -0.25) is 0 Å². The zero-order valence-corrected chi connectivity index (χ0v) is 6.42. The molecule has 3 heteroatoms. The van der Waals surface area contributed by atoms with Crippen molar-refractivity contribution in [1.29, 1.82) is 0 Å². The van der Waals surface area contributed by atoms with E-state index >= 15 is 0 Å². The first-order chi connectivity index (χ1) is 4.24. The SMILES string of the molecule is BC1CC(OC)CN1C. The molecule has 0 saturated carbocycles. The van der Waals surface area contributed by atoms with Gasteiger partial charge >= 0.3 is 0 Å². The van der Waals surface area contributed by atoms with Gasteiger partial charge in [-0.25, -0.2) is 0 Å². The van der Waals surface area contributed by atoms with Crippen molar-refractivity contribution in [2.24, 2.45) is 0 Å². The lowest BCUT2D eigenvalue weighted by molar-refractivity contribution is 0.111. The van der Waals surface area contributed by atoms with Gasteiger partial charge in [-0.1, -0.05) is 0 Å². The highest BCUT2D eigenvalue weighted by Gasteiger charge is 2.24. The topological polar surface area (TPSA) is 12.5 Å². The first-order valence-electron chi connectivity index (χ1n) is 3.47. The minimum Gasteiger partial charge on any atom is -0.380 e. The predicted octanol–water partition coefficient (Wildman–Crippen LogP) is -0.704. The molecule has 0 N–H and O–H groups in total. The van der Waals surface area contributed by atoms with Crippen molar-refractivity contribution in [1.82, 2.24) is 4.90 Å². The Labute approximate surface area is 57.6 Å². The molecule has 1 heterocycles. The molecule has 2 unspecified atom stereocenters. The third kappa shape index (κ3) is 1.46. The van der Waals surface area contributed by atoms with Gasteiger partial charge in [0.2, 0.25) is 0 Å². The molecule has 52 valence electrons. The molecule has 1 aliphatic rings. The summed E-state index contributed by atoms with van der Waals surface area (Å²) >= 11 is 0. The number of likely N-dealkylation sites (tertiary alicyclic amines) is 1. The number of ether oxygens (including phenoxy) is 1. The van der Waals surface area contributed by atoms with E-state index in [0.717, 1.165) is 6.54 Å². The highest BCUT2D eigenvalue weighted by Crippen LogP contribution is 2.14. The van der Waals surface area contributed by atoms with E-state index in [1.165, 1.54) is 6.42 Å². The molecule has 2 atom stereocenters. The molecule has 0 aromatic heterocycles. The van der Waals surface area contributed by atoms with Gasteiger partial charge in [-0.15, -0.1) is 0 Å². The van der Waals surface area contributed by atoms with Crippen LogP contribution in [0.5, 0.6) is 0 Å². The van der Waals surface area contributed by atoms with E-state index in [2.05, 4.69) is 19.8 Å². The maximum absolute atomic E-state index is 5.21. The van der Waals surface area contributed by atoms with Gasteiger partial charge in [0.05, 0.1) is 6.10 Å². The number of hydrogen-bond donors (Lipinski definition) is 0. The molecule has 0 radical (unpaired) electrons. The summed E-state index contributed by atoms with van der Waals surface area (Å²) in [6.07, 6.45) is 1.66. The van der Waals surface area contributed by atoms with Gasteiger partial charge in [-0.2, -0.15) is 0 Å². The molecule has 1 saturated heterocycles. The number of rotatable bonds is 1. The number of methoxy groups -OCH3 is 1. The minimum atomic E-state index is 0.477. The van der Waals surface area contributed by atoms with Crippen LogP contribution in [0, 0.1) is 0 Å². The minimum absolute atomic E-state index is 0.477. The molecular formula is C6H14BNO. The van der Waals surface area contributed by atoms with Crippen molar-refractivity contribution in [3.05, 3.63) is 0 Å². The second kappa shape index (κ2) is 2.71. The standard InChI is InChI=1S/C6H14BNO/c1-8-4-5(9-2)3-6(8)7/h5-6H,3-4,7H2,1-2H3. The second-order valence-corrected chi connectivity index (χ2v) is 2.88. The Morgan fingerprint density at radius 3 is 2.56 bits per heavy atom. The van der Waals surface area contributed by atoms with Crippen LogP contribution in [0.4, 0.5) is 0 Å². The fraction of sp³-hybridized carbons (Fsp3) is 1.00. The van der Waals surface area contributed by atoms with Crippen LogP contribution in [0.3, 0.4) is 0 Å². The van der Waals surface area contributed by atoms with Gasteiger partial charge in [-0.05, 0) is 19.4 Å². The van der Waals surface area contributed by atoms with Crippen LogP contribution in [-0.4, -0.2) is 45.5 Å². The quantitative estimate of drug-likeness (QED) is 0.431. The molecule has 0 spiro atoms. The summed E-state index contributed by atoms with van der Waals surface area (Å²) < 4.78 is 5.21. The average Bonchev–Trinajstić information content (AvgIpc) is 2.13. The van der Waals surface area contributed by atoms with Crippen LogP contribution in [0.25, 0.3) is 0 Å². The summed E-state index contributed by atoms with van der Waals surface area (Å²) in [6.45, 7) is 1.09. The summed E-state index contributed by atoms with van der Waals surface area (Å²) in [5, 5.41) is 0. The number of likely N-dealkylation sites (N-methyl/N-ethyl adjacent to an activating group) is 1. The van der Waals surface area contributed by atoms with Crippen LogP contribution in [-0.2, 0) is 4.74 Å². The summed E-state index contributed by atoms with van der Waals surface area (Å²) in [5.41, 5.74) is 0. The van der Waals surface area contributed by atoms with Crippen molar-refractivity contribution in [2.45, 2.75) is 18.5 Å². The molecule has 2 nitrogen and oxygen atoms in total. The Hall–Kier alpha value is -0.0151. The largest absolute Gasteiger partial charge is 0.380 e. The summed E-state index contributed by atoms with van der Waals surface area (Å²) in [4.78, 5) is 2.33. The van der Waals surface area contributed by atoms with Crippen molar-refractivity contribution in [3.63, 3.8) is 0 Å². The van der Waals surface area contributed by atoms with E-state index in [1.807, 2.05) is 0 Å². The molecule has 0 aliphatic carbocycles. The van der Waals surface area contributed by atoms with E-state index in [-0.39, 0.29) is 0 Å². The van der Waals surface area contributed by atoms with E-state index in [0.29, 0.717) is 12.0 Å². The Bertz CT molecular complexity index is 89.1. The Morgan fingerprint density at radius 1 is 1.67 bits per heavy atom. The molecule has 9 heavy (non-hydrogen) atoms. The lowest BCUT2D eigenvalue weighted by Crippen LogP contribution is -2.25. The predicted molar refractivity (Wildman–Crippen MR) is 40.4 cm³/mol. The molecule has 0 bridgehead atoms. The fourth-order valence-electron chi connectivity index (χ4n) is 1.31. The average molecular weight is 127 g/mol. The Balaban J connectivity index is 2.35. The van der Waals surface area contributed by atoms with Gasteiger partial charge < -0.3 is 9.64 Å². The summed E-state index contributed by atoms with van der Waals surface area (Å²) in [5.74, 6) is 0.704. The number of nitrogens with zero attached hydrogens (tertiary/aromatic N) is 1. The zero-order chi connectivity index (χ0) is 6.85. The monoisotopic (exact) mass is 127 g/mol. The maximum Gasteiger partial charge on any atom is 0.123 e. The van der Waals surface area contributed by atoms with Crippen LogP contribution in [0.2, 0.25) is 0 Å². The van der Waals surface area contributed by atoms with E-state index in [4.69, 9.17) is 4.74 Å². The first kappa shape index (κ1) is 7.10. The third-order valence-electron chi connectivity index (χ3n) is 2.18. The lowest BCUT2D eigenvalue weighted by Gasteiger charge is -2.12. The van der Waals surface area contributed by atoms with Crippen LogP contribution >= 0.6 is 0 Å². The van der Waals surface area contributed by atoms with E-state index < -0.39 is 0 Å².